The van der Waals surface area contributed by atoms with Crippen molar-refractivity contribution in [2.75, 3.05) is 18.1 Å². The minimum absolute atomic E-state index is 0.133. The van der Waals surface area contributed by atoms with Gasteiger partial charge in [0, 0.05) is 6.54 Å². The quantitative estimate of drug-likeness (QED) is 0.851. The second-order valence-corrected chi connectivity index (χ2v) is 5.36. The van der Waals surface area contributed by atoms with Crippen LogP contribution in [0.4, 0.5) is 5.95 Å². The van der Waals surface area contributed by atoms with Crippen molar-refractivity contribution in [2.45, 2.75) is 19.1 Å². The number of rotatable bonds is 2. The van der Waals surface area contributed by atoms with Gasteiger partial charge in [0.15, 0.2) is 0 Å². The third-order valence-corrected chi connectivity index (χ3v) is 3.61. The van der Waals surface area contributed by atoms with Gasteiger partial charge < -0.3 is 9.64 Å². The van der Waals surface area contributed by atoms with Crippen molar-refractivity contribution in [2.24, 2.45) is 0 Å². The van der Waals surface area contributed by atoms with Crippen LogP contribution in [0.2, 0.25) is 5.02 Å². The summed E-state index contributed by atoms with van der Waals surface area (Å²) in [4.78, 5) is 10.9. The number of benzene rings is 1. The Hall–Kier alpha value is -1.65. The summed E-state index contributed by atoms with van der Waals surface area (Å²) >= 11 is 5.86. The molecule has 0 amide bonds. The fourth-order valence-corrected chi connectivity index (χ4v) is 2.53. The molecule has 2 heterocycles. The number of aromatic nitrogens is 2. The molecule has 1 aromatic carbocycles. The van der Waals surface area contributed by atoms with Gasteiger partial charge in [0.2, 0.25) is 5.95 Å². The van der Waals surface area contributed by atoms with Gasteiger partial charge in [-0.2, -0.15) is 0 Å². The highest BCUT2D eigenvalue weighted by Crippen LogP contribution is 2.29. The van der Waals surface area contributed by atoms with Crippen LogP contribution in [-0.4, -0.2) is 29.2 Å². The maximum Gasteiger partial charge on any atom is 0.226 e. The summed E-state index contributed by atoms with van der Waals surface area (Å²) in [5.41, 5.74) is 1.21. The molecule has 20 heavy (non-hydrogen) atoms. The topological polar surface area (TPSA) is 38.2 Å². The van der Waals surface area contributed by atoms with Gasteiger partial charge in [-0.25, -0.2) is 9.97 Å². The lowest BCUT2D eigenvalue weighted by Crippen LogP contribution is -2.44. The molecule has 0 saturated carbocycles. The van der Waals surface area contributed by atoms with Gasteiger partial charge >= 0.3 is 0 Å². The zero-order chi connectivity index (χ0) is 13.9. The molecule has 3 rings (SSSR count). The predicted octanol–water partition coefficient (Wildman–Crippen LogP) is 3.10. The van der Waals surface area contributed by atoms with Crippen molar-refractivity contribution >= 4 is 17.5 Å². The average Bonchev–Trinajstić information content (AvgIpc) is 2.49. The smallest absolute Gasteiger partial charge is 0.226 e. The van der Waals surface area contributed by atoms with Gasteiger partial charge in [-0.3, -0.25) is 0 Å². The molecule has 0 bridgehead atoms. The van der Waals surface area contributed by atoms with Crippen molar-refractivity contribution in [3.05, 3.63) is 53.3 Å². The zero-order valence-electron chi connectivity index (χ0n) is 11.2. The van der Waals surface area contributed by atoms with E-state index in [9.17, 15) is 0 Å². The summed E-state index contributed by atoms with van der Waals surface area (Å²) in [7, 11) is 0. The molecule has 0 spiro atoms. The Morgan fingerprint density at radius 1 is 1.20 bits per heavy atom. The van der Waals surface area contributed by atoms with Crippen molar-refractivity contribution in [3.63, 3.8) is 0 Å². The Labute approximate surface area is 123 Å². The number of nitrogens with zero attached hydrogens (tertiary/aromatic N) is 3. The summed E-state index contributed by atoms with van der Waals surface area (Å²) in [6.45, 7) is 3.46. The molecule has 2 atom stereocenters. The van der Waals surface area contributed by atoms with Crippen LogP contribution < -0.4 is 4.90 Å². The highest BCUT2D eigenvalue weighted by Gasteiger charge is 2.29. The molecular weight excluding hydrogens is 274 g/mol. The molecule has 0 radical (unpaired) electrons. The van der Waals surface area contributed by atoms with Crippen LogP contribution in [-0.2, 0) is 4.74 Å². The standard InChI is InChI=1S/C15H16ClN3O/c1-11-9-19(15-17-7-13(16)8-18-15)14(10-20-11)12-5-3-2-4-6-12/h2-8,11,14H,9-10H2,1H3/t11-,14-/m0/s1. The SMILES string of the molecule is C[C@H]1CN(c2ncc(Cl)cn2)[C@H](c2ccccc2)CO1. The summed E-state index contributed by atoms with van der Waals surface area (Å²) < 4.78 is 5.80. The largest absolute Gasteiger partial charge is 0.374 e. The molecule has 4 nitrogen and oxygen atoms in total. The molecule has 2 aromatic rings. The van der Waals surface area contributed by atoms with Gasteiger partial charge in [-0.05, 0) is 12.5 Å². The van der Waals surface area contributed by atoms with Gasteiger partial charge in [0.1, 0.15) is 0 Å². The number of halogens is 1. The second kappa shape index (κ2) is 5.77. The minimum Gasteiger partial charge on any atom is -0.374 e. The maximum atomic E-state index is 5.86. The molecule has 1 saturated heterocycles. The Kier molecular flexibility index (Phi) is 3.85. The van der Waals surface area contributed by atoms with E-state index in [1.807, 2.05) is 18.2 Å². The molecule has 1 aliphatic rings. The molecule has 104 valence electrons. The van der Waals surface area contributed by atoms with Crippen molar-refractivity contribution < 1.29 is 4.74 Å². The molecule has 1 aliphatic heterocycles. The van der Waals surface area contributed by atoms with Crippen LogP contribution in [0.15, 0.2) is 42.7 Å². The van der Waals surface area contributed by atoms with E-state index in [-0.39, 0.29) is 12.1 Å². The van der Waals surface area contributed by atoms with E-state index >= 15 is 0 Å². The van der Waals surface area contributed by atoms with Crippen LogP contribution in [0.1, 0.15) is 18.5 Å². The third kappa shape index (κ3) is 2.76. The summed E-state index contributed by atoms with van der Waals surface area (Å²) in [6.07, 6.45) is 3.42. The lowest BCUT2D eigenvalue weighted by atomic mass is 10.0. The van der Waals surface area contributed by atoms with Crippen molar-refractivity contribution in [3.8, 4) is 0 Å². The monoisotopic (exact) mass is 289 g/mol. The number of hydrogen-bond donors (Lipinski definition) is 0. The van der Waals surface area contributed by atoms with Gasteiger partial charge in [-0.1, -0.05) is 41.9 Å². The van der Waals surface area contributed by atoms with Crippen LogP contribution in [0.3, 0.4) is 0 Å². The summed E-state index contributed by atoms with van der Waals surface area (Å²) in [6, 6.07) is 10.4. The fraction of sp³-hybridized carbons (Fsp3) is 0.333. The second-order valence-electron chi connectivity index (χ2n) is 4.92. The van der Waals surface area contributed by atoms with E-state index < -0.39 is 0 Å². The predicted molar refractivity (Wildman–Crippen MR) is 79.0 cm³/mol. The number of hydrogen-bond acceptors (Lipinski definition) is 4. The Morgan fingerprint density at radius 3 is 2.60 bits per heavy atom. The first-order valence-corrected chi connectivity index (χ1v) is 7.02. The van der Waals surface area contributed by atoms with Crippen LogP contribution >= 0.6 is 11.6 Å². The molecule has 1 fully saturated rings. The van der Waals surface area contributed by atoms with Crippen molar-refractivity contribution in [1.82, 2.24) is 9.97 Å². The van der Waals surface area contributed by atoms with Gasteiger partial charge in [0.25, 0.3) is 0 Å². The minimum atomic E-state index is 0.133. The fourth-order valence-electron chi connectivity index (χ4n) is 2.43. The maximum absolute atomic E-state index is 5.86. The van der Waals surface area contributed by atoms with Crippen molar-refractivity contribution in [1.29, 1.82) is 0 Å². The van der Waals surface area contributed by atoms with Crippen LogP contribution in [0.25, 0.3) is 0 Å². The molecular formula is C15H16ClN3O. The van der Waals surface area contributed by atoms with Crippen LogP contribution in [0.5, 0.6) is 0 Å². The number of morpholine rings is 1. The third-order valence-electron chi connectivity index (χ3n) is 3.42. The molecule has 0 N–H and O–H groups in total. The lowest BCUT2D eigenvalue weighted by molar-refractivity contribution is 0.0296. The normalized spacial score (nSPS) is 22.8. The highest BCUT2D eigenvalue weighted by atomic mass is 35.5. The summed E-state index contributed by atoms with van der Waals surface area (Å²) in [5, 5.41) is 0.548. The first kappa shape index (κ1) is 13.3. The lowest BCUT2D eigenvalue weighted by Gasteiger charge is -2.38. The van der Waals surface area contributed by atoms with Gasteiger partial charge in [-0.15, -0.1) is 0 Å². The van der Waals surface area contributed by atoms with E-state index in [1.54, 1.807) is 12.4 Å². The Morgan fingerprint density at radius 2 is 1.90 bits per heavy atom. The van der Waals surface area contributed by atoms with Crippen LogP contribution in [0, 0.1) is 0 Å². The highest BCUT2D eigenvalue weighted by molar-refractivity contribution is 6.30. The molecule has 0 unspecified atom stereocenters. The van der Waals surface area contributed by atoms with E-state index in [2.05, 4.69) is 33.9 Å². The molecule has 0 aliphatic carbocycles. The van der Waals surface area contributed by atoms with Gasteiger partial charge in [0.05, 0.1) is 36.2 Å². The average molecular weight is 290 g/mol. The van der Waals surface area contributed by atoms with E-state index in [4.69, 9.17) is 16.3 Å². The summed E-state index contributed by atoms with van der Waals surface area (Å²) in [5.74, 6) is 0.693. The first-order valence-electron chi connectivity index (χ1n) is 6.65. The number of anilines is 1. The first-order chi connectivity index (χ1) is 9.74. The molecule has 1 aromatic heterocycles. The Bertz CT molecular complexity index is 561. The van der Waals surface area contributed by atoms with E-state index in [0.717, 1.165) is 6.54 Å². The van der Waals surface area contributed by atoms with E-state index in [0.29, 0.717) is 17.6 Å². The zero-order valence-corrected chi connectivity index (χ0v) is 12.0. The molecule has 5 heteroatoms. The Balaban J connectivity index is 1.93. The van der Waals surface area contributed by atoms with E-state index in [1.165, 1.54) is 5.56 Å². The number of ether oxygens (including phenoxy) is 1.